The first-order valence-corrected chi connectivity index (χ1v) is 11.4. The van der Waals surface area contributed by atoms with E-state index in [9.17, 15) is 9.90 Å². The van der Waals surface area contributed by atoms with Gasteiger partial charge in [0, 0.05) is 50.3 Å². The average Bonchev–Trinajstić information content (AvgIpc) is 3.64. The molecule has 7 heteroatoms. The van der Waals surface area contributed by atoms with Crippen LogP contribution in [-0.4, -0.2) is 47.4 Å². The van der Waals surface area contributed by atoms with Crippen molar-refractivity contribution in [1.29, 1.82) is 0 Å². The van der Waals surface area contributed by atoms with Gasteiger partial charge in [-0.15, -0.1) is 0 Å². The monoisotopic (exact) mass is 695 g/mol. The minimum Gasteiger partial charge on any atom is -0.510 e. The summed E-state index contributed by atoms with van der Waals surface area (Å²) in [6.45, 7) is 1.12. The number of para-hydroxylation sites is 1. The molecule has 2 aliphatic heterocycles. The Bertz CT molecular complexity index is 1160. The van der Waals surface area contributed by atoms with Crippen molar-refractivity contribution in [2.45, 2.75) is 31.3 Å². The molecule has 2 aromatic rings. The molecule has 2 aromatic carbocycles. The molecule has 35 heavy (non-hydrogen) atoms. The Morgan fingerprint density at radius 2 is 1.80 bits per heavy atom. The molecule has 3 aliphatic rings. The van der Waals surface area contributed by atoms with E-state index in [0.717, 1.165) is 35.4 Å². The largest absolute Gasteiger partial charge is 2.00 e. The fourth-order valence-corrected chi connectivity index (χ4v) is 5.06. The zero-order valence-electron chi connectivity index (χ0n) is 20.3. The molecule has 2 fully saturated rings. The number of rotatable bonds is 3. The maximum absolute atomic E-state index is 13.5. The third-order valence-electron chi connectivity index (χ3n) is 7.08. The first kappa shape index (κ1) is 27.1. The maximum atomic E-state index is 13.5. The van der Waals surface area contributed by atoms with E-state index in [1.807, 2.05) is 29.2 Å². The Morgan fingerprint density at radius 1 is 1.14 bits per heavy atom. The summed E-state index contributed by atoms with van der Waals surface area (Å²) in [6.07, 6.45) is 6.11. The predicted octanol–water partition coefficient (Wildman–Crippen LogP) is 4.33. The summed E-state index contributed by atoms with van der Waals surface area (Å²) in [6, 6.07) is 17.9. The molecule has 1 aliphatic carbocycles. The molecule has 0 unspecified atom stereocenters. The van der Waals surface area contributed by atoms with Gasteiger partial charge in [0.25, 0.3) is 0 Å². The number of carbonyl (C=O) groups is 1. The minimum absolute atomic E-state index is 0. The molecule has 5 rings (SSSR count). The number of benzene rings is 2. The van der Waals surface area contributed by atoms with Gasteiger partial charge >= 0.3 is 31.1 Å². The summed E-state index contributed by atoms with van der Waals surface area (Å²) in [5.74, 6) is 1.02. The first-order valence-electron chi connectivity index (χ1n) is 11.4. The van der Waals surface area contributed by atoms with Crippen LogP contribution < -0.4 is 10.5 Å². The number of likely N-dealkylation sites (tertiary alicyclic amines) is 1. The number of ether oxygens (including phenoxy) is 1. The van der Waals surface area contributed by atoms with Crippen molar-refractivity contribution in [1.82, 2.24) is 4.90 Å². The summed E-state index contributed by atoms with van der Waals surface area (Å²) < 4.78 is 6.53. The van der Waals surface area contributed by atoms with Gasteiger partial charge in [0.1, 0.15) is 11.4 Å². The second kappa shape index (κ2) is 10.6. The predicted molar refractivity (Wildman–Crippen MR) is 134 cm³/mol. The summed E-state index contributed by atoms with van der Waals surface area (Å²) in [5.41, 5.74) is 8.24. The number of aliphatic hydroxyl groups is 1. The van der Waals surface area contributed by atoms with Crippen LogP contribution in [0.25, 0.3) is 5.76 Å². The van der Waals surface area contributed by atoms with Gasteiger partial charge in [0.2, 0.25) is 5.91 Å². The van der Waals surface area contributed by atoms with Crippen LogP contribution in [0.1, 0.15) is 36.8 Å². The zero-order valence-corrected chi connectivity index (χ0v) is 24.4. The third kappa shape index (κ3) is 4.81. The number of nitrogens with two attached hydrogens (primary N) is 1. The zero-order chi connectivity index (χ0) is 23.1. The Hall–Kier alpha value is -2.49. The molecule has 0 aromatic heterocycles. The normalized spacial score (nSPS) is 22.0. The topological polar surface area (TPSA) is 88.2 Å². The Morgan fingerprint density at radius 3 is 2.40 bits per heavy atom. The number of fused-ring (bicyclic) bond motifs is 1. The molecule has 3 N–H and O–H groups in total. The molecule has 0 bridgehead atoms. The van der Waals surface area contributed by atoms with Crippen molar-refractivity contribution in [3.63, 3.8) is 0 Å². The van der Waals surface area contributed by atoms with Crippen molar-refractivity contribution >= 4 is 17.4 Å². The van der Waals surface area contributed by atoms with E-state index >= 15 is 0 Å². The molecule has 2 heterocycles. The van der Waals surface area contributed by atoms with Crippen LogP contribution in [0.4, 0.5) is 0 Å². The summed E-state index contributed by atoms with van der Waals surface area (Å²) in [7, 11) is 1.77. The van der Waals surface area contributed by atoms with Gasteiger partial charge in [0.15, 0.2) is 0 Å². The Labute approximate surface area is 231 Å². The molecule has 1 saturated carbocycles. The SMILES string of the molecule is CN=C1C(=CN)C2(CCN(C(=O)C3(/C=C(\O)c4cc[c-]cc4)CC3)CC2)Oc2ccccc21.[CH3-].[U+2]. The molecule has 1 spiro atoms. The minimum atomic E-state index is -0.614. The molecule has 1 amide bonds. The summed E-state index contributed by atoms with van der Waals surface area (Å²) in [5, 5.41) is 10.6. The van der Waals surface area contributed by atoms with Crippen molar-refractivity contribution in [2.75, 3.05) is 20.1 Å². The number of aliphatic imine (C=N–C) groups is 1. The fraction of sp³-hybridized carbons (Fsp3) is 0.321. The number of carbonyl (C=O) groups excluding carboxylic acids is 1. The number of amides is 1. The number of hydrogen-bond acceptors (Lipinski definition) is 5. The van der Waals surface area contributed by atoms with Gasteiger partial charge < -0.3 is 27.9 Å². The molecule has 0 atom stereocenters. The van der Waals surface area contributed by atoms with Gasteiger partial charge in [-0.05, 0) is 31.1 Å². The molecule has 1 saturated heterocycles. The van der Waals surface area contributed by atoms with E-state index in [1.54, 1.807) is 43.6 Å². The van der Waals surface area contributed by atoms with E-state index in [2.05, 4.69) is 11.1 Å². The molecule has 0 radical (unpaired) electrons. The van der Waals surface area contributed by atoms with E-state index < -0.39 is 11.0 Å². The molecule has 6 nitrogen and oxygen atoms in total. The van der Waals surface area contributed by atoms with Crippen molar-refractivity contribution in [3.05, 3.63) is 91.0 Å². The quantitative estimate of drug-likeness (QED) is 0.370. The third-order valence-corrected chi connectivity index (χ3v) is 7.08. The van der Waals surface area contributed by atoms with E-state index in [4.69, 9.17) is 10.5 Å². The van der Waals surface area contributed by atoms with E-state index in [1.165, 1.54) is 0 Å². The van der Waals surface area contributed by atoms with E-state index in [0.29, 0.717) is 31.5 Å². The summed E-state index contributed by atoms with van der Waals surface area (Å²) >= 11 is 0. The average molecular weight is 696 g/mol. The first-order chi connectivity index (χ1) is 16.0. The molecular weight excluding hydrogens is 664 g/mol. The van der Waals surface area contributed by atoms with Gasteiger partial charge in [-0.25, -0.2) is 0 Å². The van der Waals surface area contributed by atoms with E-state index in [-0.39, 0.29) is 50.2 Å². The van der Waals surface area contributed by atoms with Crippen molar-refractivity contribution in [2.24, 2.45) is 16.1 Å². The Balaban J connectivity index is 0.00000171. The summed E-state index contributed by atoms with van der Waals surface area (Å²) in [4.78, 5) is 19.9. The van der Waals surface area contributed by atoms with Crippen LogP contribution in [-0.2, 0) is 4.79 Å². The van der Waals surface area contributed by atoms with Crippen molar-refractivity contribution in [3.8, 4) is 5.75 Å². The van der Waals surface area contributed by atoms with Crippen LogP contribution in [0.2, 0.25) is 0 Å². The van der Waals surface area contributed by atoms with Gasteiger partial charge in [-0.3, -0.25) is 9.79 Å². The Kier molecular flexibility index (Phi) is 8.24. The smallest absolute Gasteiger partial charge is 0.510 e. The number of piperidine rings is 1. The molecular formula is C28H31N3O3U. The molecule has 180 valence electrons. The number of aliphatic hydroxyl groups excluding tert-OH is 1. The second-order valence-electron chi connectivity index (χ2n) is 9.01. The standard InChI is InChI=1S/C27H28N3O3.CH3.U/c1-29-24-20-9-5-6-10-23(20)33-27(21(24)18-28)13-15-30(16-14-27)25(32)26(11-12-26)17-22(31)19-7-3-2-4-8-19;;/h3-10,17-18,31H,11-16,28H2,1H3;1H3;/q2*-1;+2/b21-18?,22-17-,29-24?;;. The number of hydrogen-bond donors (Lipinski definition) is 2. The van der Waals surface area contributed by atoms with Crippen molar-refractivity contribution < 1.29 is 45.8 Å². The second-order valence-corrected chi connectivity index (χ2v) is 9.01. The van der Waals surface area contributed by atoms with Crippen LogP contribution in [0.5, 0.6) is 5.75 Å². The van der Waals surface area contributed by atoms with Gasteiger partial charge in [-0.2, -0.15) is 30.3 Å². The van der Waals surface area contributed by atoms with Gasteiger partial charge in [-0.1, -0.05) is 17.7 Å². The fourth-order valence-electron chi connectivity index (χ4n) is 5.06. The number of nitrogens with zero attached hydrogens (tertiary/aromatic N) is 2. The van der Waals surface area contributed by atoms with Crippen LogP contribution >= 0.6 is 0 Å². The van der Waals surface area contributed by atoms with Gasteiger partial charge in [0.05, 0.1) is 16.9 Å². The van der Waals surface area contributed by atoms with Crippen LogP contribution in [0, 0.1) is 50.0 Å². The van der Waals surface area contributed by atoms with Crippen LogP contribution in [0.3, 0.4) is 0 Å². The maximum Gasteiger partial charge on any atom is 2.00 e. The van der Waals surface area contributed by atoms with Crippen LogP contribution in [0.15, 0.2) is 71.4 Å².